The van der Waals surface area contributed by atoms with Crippen LogP contribution >= 0.6 is 0 Å². The summed E-state index contributed by atoms with van der Waals surface area (Å²) >= 11 is 0. The van der Waals surface area contributed by atoms with Gasteiger partial charge in [-0.25, -0.2) is 8.42 Å². The molecule has 2 heterocycles. The first-order chi connectivity index (χ1) is 18.8. The van der Waals surface area contributed by atoms with Crippen LogP contribution in [0.4, 0.5) is 0 Å². The highest BCUT2D eigenvalue weighted by Crippen LogP contribution is 2.41. The molecule has 0 radical (unpaired) electrons. The Bertz CT molecular complexity index is 1250. The predicted molar refractivity (Wildman–Crippen MR) is 170 cm³/mol. The lowest BCUT2D eigenvalue weighted by Gasteiger charge is -2.51. The van der Waals surface area contributed by atoms with Gasteiger partial charge in [-0.05, 0) is 105 Å². The number of hydrogen-bond donors (Lipinski definition) is 0. The van der Waals surface area contributed by atoms with Crippen LogP contribution in [0.3, 0.4) is 0 Å². The molecule has 0 aromatic heterocycles. The molecule has 41 heavy (non-hydrogen) atoms. The molecule has 5 nitrogen and oxygen atoms in total. The van der Waals surface area contributed by atoms with Gasteiger partial charge >= 0.3 is 0 Å². The van der Waals surface area contributed by atoms with Crippen molar-refractivity contribution < 1.29 is 13.3 Å². The van der Waals surface area contributed by atoms with Gasteiger partial charge in [-0.3, -0.25) is 4.84 Å². The summed E-state index contributed by atoms with van der Waals surface area (Å²) in [5, 5.41) is 2.17. The molecule has 2 atom stereocenters. The Kier molecular flexibility index (Phi) is 8.95. The summed E-state index contributed by atoms with van der Waals surface area (Å²) in [6, 6.07) is 16.2. The molecule has 2 aromatic rings. The molecule has 0 saturated carbocycles. The fourth-order valence-corrected chi connectivity index (χ4v) is 8.54. The van der Waals surface area contributed by atoms with Gasteiger partial charge in [0.1, 0.15) is 0 Å². The molecule has 0 aliphatic carbocycles. The van der Waals surface area contributed by atoms with Crippen molar-refractivity contribution in [3.05, 3.63) is 65.2 Å². The van der Waals surface area contributed by atoms with Crippen LogP contribution in [-0.4, -0.2) is 48.1 Å². The average molecular weight is 583 g/mol. The zero-order valence-electron chi connectivity index (χ0n) is 27.3. The monoisotopic (exact) mass is 582 g/mol. The molecule has 0 amide bonds. The number of sulfonamides is 1. The van der Waals surface area contributed by atoms with Crippen molar-refractivity contribution in [3.8, 4) is 0 Å². The van der Waals surface area contributed by atoms with Crippen molar-refractivity contribution >= 4 is 10.0 Å². The van der Waals surface area contributed by atoms with Gasteiger partial charge in [0.2, 0.25) is 10.0 Å². The Morgan fingerprint density at radius 3 is 1.90 bits per heavy atom. The highest BCUT2D eigenvalue weighted by atomic mass is 32.2. The SMILES string of the molecule is CC(C)(C)c1cc(C(C)(C)C)cc(S(=O)(=O)N2CC[C@H](Cc3ccccc3)[C@H]2CON2C(C)(C)CCCC2(C)C)c1. The lowest BCUT2D eigenvalue weighted by molar-refractivity contribution is -0.285. The largest absolute Gasteiger partial charge is 0.296 e. The number of nitrogens with zero attached hydrogens (tertiary/aromatic N) is 2. The minimum Gasteiger partial charge on any atom is -0.296 e. The van der Waals surface area contributed by atoms with Crippen molar-refractivity contribution in [2.24, 2.45) is 5.92 Å². The molecule has 2 aromatic carbocycles. The molecule has 2 saturated heterocycles. The van der Waals surface area contributed by atoms with Crippen LogP contribution in [0, 0.1) is 5.92 Å². The maximum atomic E-state index is 14.6. The first kappa shape index (κ1) is 32.2. The smallest absolute Gasteiger partial charge is 0.243 e. The van der Waals surface area contributed by atoms with Gasteiger partial charge < -0.3 is 0 Å². The fourth-order valence-electron chi connectivity index (χ4n) is 6.78. The van der Waals surface area contributed by atoms with Crippen molar-refractivity contribution in [2.45, 2.75) is 134 Å². The van der Waals surface area contributed by atoms with Gasteiger partial charge in [0.05, 0.1) is 17.5 Å². The van der Waals surface area contributed by atoms with E-state index in [1.54, 1.807) is 4.31 Å². The van der Waals surface area contributed by atoms with Crippen LogP contribution in [-0.2, 0) is 32.1 Å². The molecule has 2 aliphatic rings. The summed E-state index contributed by atoms with van der Waals surface area (Å²) in [6.07, 6.45) is 4.95. The van der Waals surface area contributed by atoms with Crippen molar-refractivity contribution in [3.63, 3.8) is 0 Å². The van der Waals surface area contributed by atoms with Crippen molar-refractivity contribution in [2.75, 3.05) is 13.2 Å². The highest BCUT2D eigenvalue weighted by Gasteiger charge is 2.46. The summed E-state index contributed by atoms with van der Waals surface area (Å²) < 4.78 is 30.9. The second-order valence-electron chi connectivity index (χ2n) is 15.7. The van der Waals surface area contributed by atoms with Crippen LogP contribution in [0.15, 0.2) is 53.4 Å². The summed E-state index contributed by atoms with van der Waals surface area (Å²) in [5.74, 6) is 0.177. The molecule has 2 aliphatic heterocycles. The third-order valence-corrected chi connectivity index (χ3v) is 11.2. The Hall–Kier alpha value is -1.73. The molecule has 6 heteroatoms. The molecular weight excluding hydrogens is 528 g/mol. The van der Waals surface area contributed by atoms with E-state index in [4.69, 9.17) is 4.84 Å². The summed E-state index contributed by atoms with van der Waals surface area (Å²) in [6.45, 7) is 22.7. The Labute approximate surface area is 250 Å². The molecule has 0 N–H and O–H groups in total. The van der Waals surface area contributed by atoms with E-state index in [1.165, 1.54) is 12.0 Å². The van der Waals surface area contributed by atoms with Crippen LogP contribution in [0.2, 0.25) is 0 Å². The summed E-state index contributed by atoms with van der Waals surface area (Å²) in [7, 11) is -3.75. The van der Waals surface area contributed by atoms with E-state index in [-0.39, 0.29) is 33.9 Å². The minimum absolute atomic E-state index is 0.109. The normalized spacial score (nSPS) is 24.0. The molecule has 228 valence electrons. The molecule has 4 rings (SSSR count). The van der Waals surface area contributed by atoms with Crippen LogP contribution in [0.1, 0.15) is 112 Å². The Morgan fingerprint density at radius 1 is 0.854 bits per heavy atom. The predicted octanol–water partition coefficient (Wildman–Crippen LogP) is 7.88. The lowest BCUT2D eigenvalue weighted by Crippen LogP contribution is -2.59. The second kappa shape index (κ2) is 11.4. The van der Waals surface area contributed by atoms with Crippen molar-refractivity contribution in [1.82, 2.24) is 9.37 Å². The van der Waals surface area contributed by atoms with E-state index in [0.29, 0.717) is 18.0 Å². The molecule has 0 unspecified atom stereocenters. The van der Waals surface area contributed by atoms with E-state index in [0.717, 1.165) is 36.8 Å². The Morgan fingerprint density at radius 2 is 1.39 bits per heavy atom. The highest BCUT2D eigenvalue weighted by molar-refractivity contribution is 7.89. The third-order valence-electron chi connectivity index (χ3n) is 9.27. The number of rotatable bonds is 7. The number of hydrogen-bond acceptors (Lipinski definition) is 4. The van der Waals surface area contributed by atoms with Gasteiger partial charge in [0.15, 0.2) is 0 Å². The van der Waals surface area contributed by atoms with Crippen LogP contribution in [0.5, 0.6) is 0 Å². The van der Waals surface area contributed by atoms with E-state index >= 15 is 0 Å². The summed E-state index contributed by atoms with van der Waals surface area (Å²) in [5.41, 5.74) is 2.79. The van der Waals surface area contributed by atoms with Crippen LogP contribution in [0.25, 0.3) is 0 Å². The van der Waals surface area contributed by atoms with E-state index < -0.39 is 10.0 Å². The van der Waals surface area contributed by atoms with E-state index in [9.17, 15) is 8.42 Å². The number of benzene rings is 2. The zero-order valence-corrected chi connectivity index (χ0v) is 28.1. The molecule has 0 spiro atoms. The molecular formula is C35H54N2O3S. The van der Waals surface area contributed by atoms with Gasteiger partial charge in [0, 0.05) is 17.6 Å². The van der Waals surface area contributed by atoms with E-state index in [2.05, 4.69) is 105 Å². The fraction of sp³-hybridized carbons (Fsp3) is 0.657. The first-order valence-electron chi connectivity index (χ1n) is 15.5. The molecule has 2 fully saturated rings. The topological polar surface area (TPSA) is 49.9 Å². The average Bonchev–Trinajstić information content (AvgIpc) is 3.25. The van der Waals surface area contributed by atoms with Gasteiger partial charge in [-0.2, -0.15) is 9.37 Å². The number of hydroxylamine groups is 2. The quantitative estimate of drug-likeness (QED) is 0.333. The summed E-state index contributed by atoms with van der Waals surface area (Å²) in [4.78, 5) is 7.11. The van der Waals surface area contributed by atoms with E-state index in [1.807, 2.05) is 18.2 Å². The van der Waals surface area contributed by atoms with Gasteiger partial charge in [-0.1, -0.05) is 77.9 Å². The first-order valence-corrected chi connectivity index (χ1v) is 16.9. The standard InChI is InChI=1S/C35H54N2O3S/c1-32(2,3)28-22-29(33(4,5)6)24-30(23-28)41(38,39)36-20-17-27(21-26-15-12-11-13-16-26)31(36)25-40-37-34(7,8)18-14-19-35(37,9)10/h11-13,15-16,22-24,27,31H,14,17-21,25H2,1-10H3/t27-,31-/m1/s1. The molecule has 0 bridgehead atoms. The minimum atomic E-state index is -3.75. The van der Waals surface area contributed by atoms with Gasteiger partial charge in [0.25, 0.3) is 0 Å². The van der Waals surface area contributed by atoms with Gasteiger partial charge in [-0.15, -0.1) is 0 Å². The van der Waals surface area contributed by atoms with Crippen molar-refractivity contribution in [1.29, 1.82) is 0 Å². The maximum absolute atomic E-state index is 14.6. The third kappa shape index (κ3) is 7.09. The number of piperidine rings is 1. The lowest BCUT2D eigenvalue weighted by atomic mass is 9.81. The zero-order chi connectivity index (χ0) is 30.4. The van der Waals surface area contributed by atoms with Crippen LogP contribution < -0.4 is 0 Å². The Balaban J connectivity index is 1.72. The second-order valence-corrected chi connectivity index (χ2v) is 17.6. The maximum Gasteiger partial charge on any atom is 0.243 e.